The monoisotopic (exact) mass is 382 g/mol. The molecule has 2 aromatic carbocycles. The van der Waals surface area contributed by atoms with E-state index in [9.17, 15) is 19.7 Å². The van der Waals surface area contributed by atoms with E-state index in [1.807, 2.05) is 11.9 Å². The Morgan fingerprint density at radius 3 is 2.18 bits per heavy atom. The first-order chi connectivity index (χ1) is 13.3. The molecular weight excluding hydrogens is 360 g/mol. The number of nitrogens with zero attached hydrogens (tertiary/aromatic N) is 3. The van der Waals surface area contributed by atoms with Gasteiger partial charge in [-0.25, -0.2) is 0 Å². The topological polar surface area (TPSA) is 95.8 Å². The standard InChI is InChI=1S/C20H22N4O4/c1-14-13-16(5-8-18(14)24(27)28)19(25)21-17-6-3-15(4-7-17)20(26)23-11-9-22(2)10-12-23/h3-8,13H,9-12H2,1-2H3,(H,21,25). The van der Waals surface area contributed by atoms with Gasteiger partial charge in [0, 0.05) is 54.6 Å². The van der Waals surface area contributed by atoms with Crippen molar-refractivity contribution in [3.05, 3.63) is 69.3 Å². The first-order valence-electron chi connectivity index (χ1n) is 8.99. The van der Waals surface area contributed by atoms with Crippen molar-refractivity contribution >= 4 is 23.2 Å². The summed E-state index contributed by atoms with van der Waals surface area (Å²) >= 11 is 0. The molecule has 146 valence electrons. The predicted octanol–water partition coefficient (Wildman–Crippen LogP) is 2.54. The maximum Gasteiger partial charge on any atom is 0.272 e. The first-order valence-corrected chi connectivity index (χ1v) is 8.99. The summed E-state index contributed by atoms with van der Waals surface area (Å²) in [6, 6.07) is 11.0. The van der Waals surface area contributed by atoms with Gasteiger partial charge in [-0.05, 0) is 50.4 Å². The molecule has 0 radical (unpaired) electrons. The number of rotatable bonds is 4. The van der Waals surface area contributed by atoms with Crippen molar-refractivity contribution in [3.8, 4) is 0 Å². The van der Waals surface area contributed by atoms with Gasteiger partial charge in [0.15, 0.2) is 0 Å². The summed E-state index contributed by atoms with van der Waals surface area (Å²) in [5, 5.41) is 13.6. The maximum absolute atomic E-state index is 12.6. The molecule has 1 aliphatic rings. The van der Waals surface area contributed by atoms with Gasteiger partial charge in [0.2, 0.25) is 0 Å². The van der Waals surface area contributed by atoms with Gasteiger partial charge >= 0.3 is 0 Å². The highest BCUT2D eigenvalue weighted by molar-refractivity contribution is 6.05. The molecule has 0 aliphatic carbocycles. The van der Waals surface area contributed by atoms with Crippen molar-refractivity contribution in [2.24, 2.45) is 0 Å². The van der Waals surface area contributed by atoms with E-state index in [-0.39, 0.29) is 17.5 Å². The zero-order valence-electron chi connectivity index (χ0n) is 15.8. The van der Waals surface area contributed by atoms with Crippen LogP contribution in [0.4, 0.5) is 11.4 Å². The molecule has 8 nitrogen and oxygen atoms in total. The lowest BCUT2D eigenvalue weighted by Gasteiger charge is -2.32. The number of hydrogen-bond acceptors (Lipinski definition) is 5. The molecule has 3 rings (SSSR count). The zero-order chi connectivity index (χ0) is 20.3. The third-order valence-corrected chi connectivity index (χ3v) is 4.84. The highest BCUT2D eigenvalue weighted by atomic mass is 16.6. The Kier molecular flexibility index (Phi) is 5.70. The summed E-state index contributed by atoms with van der Waals surface area (Å²) in [4.78, 5) is 39.3. The van der Waals surface area contributed by atoms with Crippen LogP contribution < -0.4 is 5.32 Å². The van der Waals surface area contributed by atoms with Crippen molar-refractivity contribution in [1.29, 1.82) is 0 Å². The third kappa shape index (κ3) is 4.34. The highest BCUT2D eigenvalue weighted by Gasteiger charge is 2.20. The summed E-state index contributed by atoms with van der Waals surface area (Å²) in [6.45, 7) is 4.71. The van der Waals surface area contributed by atoms with Crippen molar-refractivity contribution in [3.63, 3.8) is 0 Å². The van der Waals surface area contributed by atoms with Gasteiger partial charge in [0.25, 0.3) is 17.5 Å². The van der Waals surface area contributed by atoms with E-state index in [0.29, 0.717) is 35.5 Å². The van der Waals surface area contributed by atoms with Crippen LogP contribution >= 0.6 is 0 Å². The molecule has 0 bridgehead atoms. The molecule has 1 N–H and O–H groups in total. The Balaban J connectivity index is 1.65. The van der Waals surface area contributed by atoms with Crippen LogP contribution in [-0.4, -0.2) is 59.8 Å². The number of likely N-dealkylation sites (N-methyl/N-ethyl adjacent to an activating group) is 1. The smallest absolute Gasteiger partial charge is 0.272 e. The van der Waals surface area contributed by atoms with Crippen LogP contribution in [0.15, 0.2) is 42.5 Å². The number of carbonyl (C=O) groups is 2. The molecule has 2 amide bonds. The van der Waals surface area contributed by atoms with E-state index in [1.54, 1.807) is 31.2 Å². The van der Waals surface area contributed by atoms with E-state index >= 15 is 0 Å². The molecular formula is C20H22N4O4. The number of hydrogen-bond donors (Lipinski definition) is 1. The van der Waals surface area contributed by atoms with E-state index < -0.39 is 4.92 Å². The number of nitro groups is 1. The second kappa shape index (κ2) is 8.18. The molecule has 0 saturated carbocycles. The zero-order valence-corrected chi connectivity index (χ0v) is 15.8. The Morgan fingerprint density at radius 1 is 1.00 bits per heavy atom. The van der Waals surface area contributed by atoms with E-state index in [4.69, 9.17) is 0 Å². The Morgan fingerprint density at radius 2 is 1.61 bits per heavy atom. The largest absolute Gasteiger partial charge is 0.336 e. The lowest BCUT2D eigenvalue weighted by molar-refractivity contribution is -0.385. The van der Waals surface area contributed by atoms with Gasteiger partial charge in [-0.2, -0.15) is 0 Å². The third-order valence-electron chi connectivity index (χ3n) is 4.84. The van der Waals surface area contributed by atoms with E-state index in [1.165, 1.54) is 18.2 Å². The molecule has 2 aromatic rings. The minimum absolute atomic E-state index is 0.0167. The highest BCUT2D eigenvalue weighted by Crippen LogP contribution is 2.20. The van der Waals surface area contributed by atoms with Crippen molar-refractivity contribution < 1.29 is 14.5 Å². The minimum Gasteiger partial charge on any atom is -0.336 e. The quantitative estimate of drug-likeness (QED) is 0.648. The molecule has 1 heterocycles. The predicted molar refractivity (Wildman–Crippen MR) is 106 cm³/mol. The number of nitro benzene ring substituents is 1. The summed E-state index contributed by atoms with van der Waals surface area (Å²) in [5.41, 5.74) is 1.86. The van der Waals surface area contributed by atoms with Gasteiger partial charge in [0.1, 0.15) is 0 Å². The molecule has 28 heavy (non-hydrogen) atoms. The van der Waals surface area contributed by atoms with Crippen LogP contribution in [0.25, 0.3) is 0 Å². The molecule has 0 spiro atoms. The Labute approximate surface area is 162 Å². The number of carbonyl (C=O) groups excluding carboxylic acids is 2. The maximum atomic E-state index is 12.6. The van der Waals surface area contributed by atoms with Gasteiger partial charge in [-0.15, -0.1) is 0 Å². The lowest BCUT2D eigenvalue weighted by atomic mass is 10.1. The number of anilines is 1. The fourth-order valence-electron chi connectivity index (χ4n) is 3.09. The Hall–Kier alpha value is -3.26. The summed E-state index contributed by atoms with van der Waals surface area (Å²) < 4.78 is 0. The van der Waals surface area contributed by atoms with Crippen LogP contribution in [0.2, 0.25) is 0 Å². The van der Waals surface area contributed by atoms with E-state index in [0.717, 1.165) is 13.1 Å². The van der Waals surface area contributed by atoms with Crippen LogP contribution in [0.3, 0.4) is 0 Å². The second-order valence-corrected chi connectivity index (χ2v) is 6.89. The summed E-state index contributed by atoms with van der Waals surface area (Å²) in [5.74, 6) is -0.381. The summed E-state index contributed by atoms with van der Waals surface area (Å²) in [7, 11) is 2.03. The van der Waals surface area contributed by atoms with Crippen LogP contribution in [0.5, 0.6) is 0 Å². The van der Waals surface area contributed by atoms with Crippen molar-refractivity contribution in [1.82, 2.24) is 9.80 Å². The van der Waals surface area contributed by atoms with E-state index in [2.05, 4.69) is 10.2 Å². The van der Waals surface area contributed by atoms with Crippen molar-refractivity contribution in [2.75, 3.05) is 38.5 Å². The fourth-order valence-corrected chi connectivity index (χ4v) is 3.09. The number of amides is 2. The van der Waals surface area contributed by atoms with Crippen LogP contribution in [0.1, 0.15) is 26.3 Å². The molecule has 1 fully saturated rings. The normalized spacial score (nSPS) is 14.6. The minimum atomic E-state index is -0.479. The number of piperazine rings is 1. The van der Waals surface area contributed by atoms with Gasteiger partial charge in [-0.1, -0.05) is 0 Å². The van der Waals surface area contributed by atoms with Gasteiger partial charge < -0.3 is 15.1 Å². The fraction of sp³-hybridized carbons (Fsp3) is 0.300. The molecule has 1 saturated heterocycles. The number of nitrogens with one attached hydrogen (secondary N) is 1. The van der Waals surface area contributed by atoms with Crippen molar-refractivity contribution in [2.45, 2.75) is 6.92 Å². The van der Waals surface area contributed by atoms with Gasteiger partial charge in [-0.3, -0.25) is 19.7 Å². The summed E-state index contributed by atoms with van der Waals surface area (Å²) in [6.07, 6.45) is 0. The molecule has 8 heteroatoms. The van der Waals surface area contributed by atoms with Gasteiger partial charge in [0.05, 0.1) is 4.92 Å². The Bertz CT molecular complexity index is 903. The lowest BCUT2D eigenvalue weighted by Crippen LogP contribution is -2.47. The van der Waals surface area contributed by atoms with Crippen LogP contribution in [0, 0.1) is 17.0 Å². The molecule has 0 aromatic heterocycles. The molecule has 0 unspecified atom stereocenters. The second-order valence-electron chi connectivity index (χ2n) is 6.89. The number of aryl methyl sites for hydroxylation is 1. The molecule has 1 aliphatic heterocycles. The first kappa shape index (κ1) is 19.5. The molecule has 0 atom stereocenters. The average Bonchev–Trinajstić information content (AvgIpc) is 2.68. The SMILES string of the molecule is Cc1cc(C(=O)Nc2ccc(C(=O)N3CCN(C)CC3)cc2)ccc1[N+](=O)[O-]. The average molecular weight is 382 g/mol. The number of benzene rings is 2. The van der Waals surface area contributed by atoms with Crippen LogP contribution in [-0.2, 0) is 0 Å².